The molecule has 1 fully saturated rings. The number of likely N-dealkylation sites (tertiary alicyclic amines) is 1. The zero-order valence-electron chi connectivity index (χ0n) is 12.0. The number of halogens is 1. The fraction of sp³-hybridized carbons (Fsp3) is 0.533. The van der Waals surface area contributed by atoms with Crippen LogP contribution in [0.4, 0.5) is 5.69 Å². The molecule has 1 saturated heterocycles. The summed E-state index contributed by atoms with van der Waals surface area (Å²) in [7, 11) is 1.57. The predicted octanol–water partition coefficient (Wildman–Crippen LogP) is 1.60. The number of piperidine rings is 1. The van der Waals surface area contributed by atoms with Crippen LogP contribution in [0.15, 0.2) is 18.2 Å². The first kappa shape index (κ1) is 15.1. The van der Waals surface area contributed by atoms with Crippen molar-refractivity contribution < 1.29 is 14.4 Å². The number of hydrogen-bond donors (Lipinski definition) is 2. The lowest BCUT2D eigenvalue weighted by atomic mass is 10.0. The van der Waals surface area contributed by atoms with Crippen LogP contribution in [-0.4, -0.2) is 32.7 Å². The quantitative estimate of drug-likeness (QED) is 0.886. The molecular formula is C15H22ClN2O2+. The van der Waals surface area contributed by atoms with Gasteiger partial charge in [-0.3, -0.25) is 4.79 Å². The van der Waals surface area contributed by atoms with Crippen molar-refractivity contribution in [2.75, 3.05) is 32.1 Å². The zero-order valence-corrected chi connectivity index (χ0v) is 12.8. The number of rotatable bonds is 4. The molecule has 0 aliphatic carbocycles. The summed E-state index contributed by atoms with van der Waals surface area (Å²) in [4.78, 5) is 13.4. The third kappa shape index (κ3) is 4.12. The highest BCUT2D eigenvalue weighted by Crippen LogP contribution is 2.27. The van der Waals surface area contributed by atoms with E-state index in [0.717, 1.165) is 13.1 Å². The molecule has 1 unspecified atom stereocenters. The van der Waals surface area contributed by atoms with Crippen LogP contribution in [-0.2, 0) is 4.79 Å². The minimum atomic E-state index is 0.0373. The second-order valence-corrected chi connectivity index (χ2v) is 5.93. The molecule has 0 bridgehead atoms. The van der Waals surface area contributed by atoms with E-state index in [9.17, 15) is 4.79 Å². The average molecular weight is 298 g/mol. The number of carbonyl (C=O) groups excluding carboxylic acids is 1. The number of anilines is 1. The van der Waals surface area contributed by atoms with Gasteiger partial charge in [0.05, 0.1) is 25.2 Å². The first-order valence-electron chi connectivity index (χ1n) is 7.05. The molecule has 1 aromatic rings. The molecule has 0 saturated carbocycles. The summed E-state index contributed by atoms with van der Waals surface area (Å²) < 4.78 is 5.09. The minimum Gasteiger partial charge on any atom is -0.495 e. The number of benzene rings is 1. The molecule has 0 spiro atoms. The summed E-state index contributed by atoms with van der Waals surface area (Å²) in [5.41, 5.74) is 0.713. The van der Waals surface area contributed by atoms with Gasteiger partial charge in [0, 0.05) is 11.6 Å². The third-order valence-electron chi connectivity index (χ3n) is 3.71. The number of hydrogen-bond acceptors (Lipinski definition) is 2. The average Bonchev–Trinajstić information content (AvgIpc) is 2.38. The topological polar surface area (TPSA) is 42.8 Å². The van der Waals surface area contributed by atoms with Crippen LogP contribution >= 0.6 is 11.6 Å². The molecule has 1 aliphatic rings. The van der Waals surface area contributed by atoms with Gasteiger partial charge in [-0.2, -0.15) is 0 Å². The number of ether oxygens (including phenoxy) is 1. The van der Waals surface area contributed by atoms with Crippen LogP contribution in [0.5, 0.6) is 5.75 Å². The summed E-state index contributed by atoms with van der Waals surface area (Å²) in [6.45, 7) is 4.94. The van der Waals surface area contributed by atoms with Gasteiger partial charge >= 0.3 is 0 Å². The standard InChI is InChI=1S/C15H21ClN2O2/c1-11-4-3-7-18(9-11)10-15(19)17-12-5-6-14(20-2)13(16)8-12/h5-6,8,11H,3-4,7,9-10H2,1-2H3,(H,17,19)/p+1/t11-/m0/s1. The molecule has 2 atom stereocenters. The second kappa shape index (κ2) is 6.95. The smallest absolute Gasteiger partial charge is 0.279 e. The Morgan fingerprint density at radius 1 is 1.55 bits per heavy atom. The van der Waals surface area contributed by atoms with Crippen molar-refractivity contribution in [3.63, 3.8) is 0 Å². The lowest BCUT2D eigenvalue weighted by Gasteiger charge is -2.27. The van der Waals surface area contributed by atoms with Crippen molar-refractivity contribution in [2.45, 2.75) is 19.8 Å². The number of carbonyl (C=O) groups is 1. The highest BCUT2D eigenvalue weighted by Gasteiger charge is 2.22. The molecule has 4 nitrogen and oxygen atoms in total. The largest absolute Gasteiger partial charge is 0.495 e. The van der Waals surface area contributed by atoms with E-state index in [2.05, 4.69) is 12.2 Å². The molecule has 1 aliphatic heterocycles. The summed E-state index contributed by atoms with van der Waals surface area (Å²) in [6.07, 6.45) is 2.48. The molecular weight excluding hydrogens is 276 g/mol. The van der Waals surface area contributed by atoms with Gasteiger partial charge in [-0.25, -0.2) is 0 Å². The van der Waals surface area contributed by atoms with Gasteiger partial charge in [0.1, 0.15) is 5.75 Å². The summed E-state index contributed by atoms with van der Waals surface area (Å²) in [6, 6.07) is 5.27. The van der Waals surface area contributed by atoms with Crippen LogP contribution in [0.1, 0.15) is 19.8 Å². The lowest BCUT2D eigenvalue weighted by molar-refractivity contribution is -0.900. The summed E-state index contributed by atoms with van der Waals surface area (Å²) in [5.74, 6) is 1.36. The third-order valence-corrected chi connectivity index (χ3v) is 4.01. The summed E-state index contributed by atoms with van der Waals surface area (Å²) in [5, 5.41) is 3.40. The van der Waals surface area contributed by atoms with Crippen LogP contribution in [0.2, 0.25) is 5.02 Å². The summed E-state index contributed by atoms with van der Waals surface area (Å²) >= 11 is 6.04. The SMILES string of the molecule is COc1ccc(NC(=O)C[NH+]2CCC[C@H](C)C2)cc1Cl. The Morgan fingerprint density at radius 3 is 3.00 bits per heavy atom. The van der Waals surface area contributed by atoms with E-state index in [-0.39, 0.29) is 5.91 Å². The first-order valence-corrected chi connectivity index (χ1v) is 7.43. The van der Waals surface area contributed by atoms with Crippen molar-refractivity contribution in [1.29, 1.82) is 0 Å². The van der Waals surface area contributed by atoms with Gasteiger partial charge in [-0.05, 0) is 31.0 Å². The maximum Gasteiger partial charge on any atom is 0.279 e. The number of methoxy groups -OCH3 is 1. The van der Waals surface area contributed by atoms with Crippen LogP contribution in [0.3, 0.4) is 0 Å². The highest BCUT2D eigenvalue weighted by atomic mass is 35.5. The maximum atomic E-state index is 12.0. The van der Waals surface area contributed by atoms with Gasteiger partial charge in [0.15, 0.2) is 6.54 Å². The Labute approximate surface area is 125 Å². The molecule has 5 heteroatoms. The van der Waals surface area contributed by atoms with Crippen molar-refractivity contribution in [3.8, 4) is 5.75 Å². The number of quaternary nitrogens is 1. The van der Waals surface area contributed by atoms with Crippen LogP contribution in [0, 0.1) is 5.92 Å². The van der Waals surface area contributed by atoms with Crippen LogP contribution < -0.4 is 15.0 Å². The number of amides is 1. The van der Waals surface area contributed by atoms with Crippen molar-refractivity contribution >= 4 is 23.2 Å². The zero-order chi connectivity index (χ0) is 14.5. The second-order valence-electron chi connectivity index (χ2n) is 5.53. The molecule has 1 aromatic carbocycles. The van der Waals surface area contributed by atoms with E-state index in [1.165, 1.54) is 17.7 Å². The molecule has 110 valence electrons. The molecule has 2 N–H and O–H groups in total. The van der Waals surface area contributed by atoms with Gasteiger partial charge in [-0.15, -0.1) is 0 Å². The van der Waals surface area contributed by atoms with Crippen molar-refractivity contribution in [1.82, 2.24) is 0 Å². The fourth-order valence-electron chi connectivity index (χ4n) is 2.73. The molecule has 1 amide bonds. The Hall–Kier alpha value is -1.26. The minimum absolute atomic E-state index is 0.0373. The molecule has 0 aromatic heterocycles. The maximum absolute atomic E-state index is 12.0. The predicted molar refractivity (Wildman–Crippen MR) is 80.6 cm³/mol. The molecule has 0 radical (unpaired) electrons. The van der Waals surface area contributed by atoms with Gasteiger partial charge in [0.25, 0.3) is 5.91 Å². The van der Waals surface area contributed by atoms with E-state index < -0.39 is 0 Å². The molecule has 2 rings (SSSR count). The van der Waals surface area contributed by atoms with E-state index >= 15 is 0 Å². The van der Waals surface area contributed by atoms with Crippen LogP contribution in [0.25, 0.3) is 0 Å². The van der Waals surface area contributed by atoms with E-state index in [1.54, 1.807) is 25.3 Å². The monoisotopic (exact) mass is 297 g/mol. The van der Waals surface area contributed by atoms with E-state index in [1.807, 2.05) is 0 Å². The number of nitrogens with one attached hydrogen (secondary N) is 2. The molecule has 20 heavy (non-hydrogen) atoms. The van der Waals surface area contributed by atoms with E-state index in [4.69, 9.17) is 16.3 Å². The Kier molecular flexibility index (Phi) is 5.26. The highest BCUT2D eigenvalue weighted by molar-refractivity contribution is 6.32. The van der Waals surface area contributed by atoms with Gasteiger partial charge < -0.3 is 15.0 Å². The van der Waals surface area contributed by atoms with E-state index in [0.29, 0.717) is 28.9 Å². The van der Waals surface area contributed by atoms with Crippen molar-refractivity contribution in [3.05, 3.63) is 23.2 Å². The Balaban J connectivity index is 1.89. The normalized spacial score (nSPS) is 22.4. The lowest BCUT2D eigenvalue weighted by Crippen LogP contribution is -3.14. The fourth-order valence-corrected chi connectivity index (χ4v) is 2.99. The van der Waals surface area contributed by atoms with Gasteiger partial charge in [0.2, 0.25) is 0 Å². The molecule has 1 heterocycles. The Morgan fingerprint density at radius 2 is 2.35 bits per heavy atom. The van der Waals surface area contributed by atoms with Crippen molar-refractivity contribution in [2.24, 2.45) is 5.92 Å². The Bertz CT molecular complexity index is 479. The first-order chi connectivity index (χ1) is 9.58. The van der Waals surface area contributed by atoms with Gasteiger partial charge in [-0.1, -0.05) is 18.5 Å².